The second-order valence-electron chi connectivity index (χ2n) is 9.19. The first-order chi connectivity index (χ1) is 14.3. The van der Waals surface area contributed by atoms with Crippen molar-refractivity contribution in [3.8, 4) is 0 Å². The molecule has 1 aromatic carbocycles. The highest BCUT2D eigenvalue weighted by Crippen LogP contribution is 2.23. The van der Waals surface area contributed by atoms with Crippen molar-refractivity contribution in [1.29, 1.82) is 0 Å². The number of carbonyl (C=O) groups excluding carboxylic acids is 3. The van der Waals surface area contributed by atoms with E-state index in [2.05, 4.69) is 10.6 Å². The predicted octanol–water partition coefficient (Wildman–Crippen LogP) is 1.35. The van der Waals surface area contributed by atoms with Crippen molar-refractivity contribution in [2.75, 3.05) is 19.8 Å². The quantitative estimate of drug-likeness (QED) is 0.486. The molecule has 0 aliphatic rings. The SMILES string of the molecule is CC(C)(C)NC(=O)C(c1ccccc1)N(CCO)C(=O)C(CO)NC(=O)OC(C)(C)C. The van der Waals surface area contributed by atoms with E-state index in [1.807, 2.05) is 20.8 Å². The topological polar surface area (TPSA) is 128 Å². The van der Waals surface area contributed by atoms with Gasteiger partial charge < -0.3 is 30.5 Å². The summed E-state index contributed by atoms with van der Waals surface area (Å²) in [7, 11) is 0. The van der Waals surface area contributed by atoms with Crippen LogP contribution in [0.15, 0.2) is 30.3 Å². The second kappa shape index (κ2) is 11.1. The first-order valence-electron chi connectivity index (χ1n) is 10.2. The van der Waals surface area contributed by atoms with E-state index in [1.54, 1.807) is 51.1 Å². The third-order valence-electron chi connectivity index (χ3n) is 3.97. The second-order valence-corrected chi connectivity index (χ2v) is 9.19. The van der Waals surface area contributed by atoms with Crippen LogP contribution >= 0.6 is 0 Å². The van der Waals surface area contributed by atoms with Gasteiger partial charge in [-0.15, -0.1) is 0 Å². The molecule has 3 amide bonds. The molecule has 0 spiro atoms. The predicted molar refractivity (Wildman–Crippen MR) is 116 cm³/mol. The summed E-state index contributed by atoms with van der Waals surface area (Å²) in [5, 5.41) is 24.5. The van der Waals surface area contributed by atoms with Crippen LogP contribution in [0, 0.1) is 0 Å². The number of nitrogens with zero attached hydrogens (tertiary/aromatic N) is 1. The third kappa shape index (κ3) is 8.94. The number of benzene rings is 1. The van der Waals surface area contributed by atoms with Crippen molar-refractivity contribution >= 4 is 17.9 Å². The lowest BCUT2D eigenvalue weighted by atomic mass is 10.0. The number of amides is 3. The molecule has 0 fully saturated rings. The molecule has 0 bridgehead atoms. The van der Waals surface area contributed by atoms with Crippen molar-refractivity contribution in [1.82, 2.24) is 15.5 Å². The zero-order chi connectivity index (χ0) is 23.8. The molecular formula is C22H35N3O6. The van der Waals surface area contributed by atoms with Crippen LogP contribution < -0.4 is 10.6 Å². The fourth-order valence-electron chi connectivity index (χ4n) is 2.86. The Bertz CT molecular complexity index is 740. The zero-order valence-corrected chi connectivity index (χ0v) is 19.1. The Kier molecular flexibility index (Phi) is 9.45. The lowest BCUT2D eigenvalue weighted by Gasteiger charge is -2.35. The fourth-order valence-corrected chi connectivity index (χ4v) is 2.86. The number of hydrogen-bond acceptors (Lipinski definition) is 6. The number of alkyl carbamates (subject to hydrolysis) is 1. The van der Waals surface area contributed by atoms with Gasteiger partial charge in [0.2, 0.25) is 11.8 Å². The van der Waals surface area contributed by atoms with Gasteiger partial charge in [-0.3, -0.25) is 9.59 Å². The van der Waals surface area contributed by atoms with E-state index in [0.29, 0.717) is 5.56 Å². The monoisotopic (exact) mass is 437 g/mol. The summed E-state index contributed by atoms with van der Waals surface area (Å²) in [6, 6.07) is 6.21. The molecule has 0 heterocycles. The number of hydrogen-bond donors (Lipinski definition) is 4. The van der Waals surface area contributed by atoms with Gasteiger partial charge in [0.05, 0.1) is 13.2 Å². The van der Waals surface area contributed by atoms with Crippen molar-refractivity contribution in [3.05, 3.63) is 35.9 Å². The van der Waals surface area contributed by atoms with E-state index in [9.17, 15) is 24.6 Å². The van der Waals surface area contributed by atoms with Crippen molar-refractivity contribution < 1.29 is 29.3 Å². The van der Waals surface area contributed by atoms with Gasteiger partial charge in [-0.1, -0.05) is 30.3 Å². The lowest BCUT2D eigenvalue weighted by Crippen LogP contribution is -2.56. The molecule has 0 aromatic heterocycles. The van der Waals surface area contributed by atoms with E-state index < -0.39 is 54.3 Å². The first kappa shape index (κ1) is 26.4. The molecule has 1 rings (SSSR count). The number of aliphatic hydroxyl groups excluding tert-OH is 2. The van der Waals surface area contributed by atoms with Crippen LogP contribution in [0.3, 0.4) is 0 Å². The number of nitrogens with one attached hydrogen (secondary N) is 2. The molecule has 1 aromatic rings. The summed E-state index contributed by atoms with van der Waals surface area (Å²) >= 11 is 0. The zero-order valence-electron chi connectivity index (χ0n) is 19.1. The molecule has 0 saturated heterocycles. The van der Waals surface area contributed by atoms with Crippen LogP contribution in [-0.2, 0) is 14.3 Å². The van der Waals surface area contributed by atoms with Gasteiger partial charge in [-0.25, -0.2) is 4.79 Å². The molecule has 0 aliphatic heterocycles. The molecule has 4 N–H and O–H groups in total. The molecule has 31 heavy (non-hydrogen) atoms. The maximum absolute atomic E-state index is 13.3. The van der Waals surface area contributed by atoms with Gasteiger partial charge >= 0.3 is 6.09 Å². The summed E-state index contributed by atoms with van der Waals surface area (Å²) in [6.45, 7) is 9.14. The van der Waals surface area contributed by atoms with Crippen LogP contribution in [0.2, 0.25) is 0 Å². The van der Waals surface area contributed by atoms with E-state index in [4.69, 9.17) is 4.74 Å². The van der Waals surface area contributed by atoms with Crippen molar-refractivity contribution in [2.45, 2.75) is 64.8 Å². The Hall–Kier alpha value is -2.65. The van der Waals surface area contributed by atoms with Crippen LogP contribution in [-0.4, -0.2) is 70.0 Å². The van der Waals surface area contributed by atoms with Crippen LogP contribution in [0.5, 0.6) is 0 Å². The van der Waals surface area contributed by atoms with Crippen LogP contribution in [0.25, 0.3) is 0 Å². The average molecular weight is 438 g/mol. The highest BCUT2D eigenvalue weighted by Gasteiger charge is 2.36. The Morgan fingerprint density at radius 1 is 1.03 bits per heavy atom. The van der Waals surface area contributed by atoms with Crippen molar-refractivity contribution in [3.63, 3.8) is 0 Å². The summed E-state index contributed by atoms with van der Waals surface area (Å²) in [5.74, 6) is -1.17. The molecule has 174 valence electrons. The highest BCUT2D eigenvalue weighted by atomic mass is 16.6. The molecule has 2 unspecified atom stereocenters. The standard InChI is InChI=1S/C22H35N3O6/c1-21(2,3)24-18(28)17(15-10-8-7-9-11-15)25(12-13-26)19(29)16(14-27)23-20(30)31-22(4,5)6/h7-11,16-17,26-27H,12-14H2,1-6H3,(H,23,30)(H,24,28). The molecule has 9 heteroatoms. The molecule has 2 atom stereocenters. The average Bonchev–Trinajstić information content (AvgIpc) is 2.63. The maximum atomic E-state index is 13.3. The summed E-state index contributed by atoms with van der Waals surface area (Å²) in [5.41, 5.74) is -0.833. The minimum atomic E-state index is -1.35. The molecule has 0 saturated carbocycles. The van der Waals surface area contributed by atoms with Crippen LogP contribution in [0.4, 0.5) is 4.79 Å². The third-order valence-corrected chi connectivity index (χ3v) is 3.97. The number of rotatable bonds is 8. The van der Waals surface area contributed by atoms with E-state index >= 15 is 0 Å². The van der Waals surface area contributed by atoms with Gasteiger partial charge in [-0.2, -0.15) is 0 Å². The highest BCUT2D eigenvalue weighted by molar-refractivity contribution is 5.92. The normalized spacial score (nSPS) is 13.7. The Morgan fingerprint density at radius 3 is 2.06 bits per heavy atom. The van der Waals surface area contributed by atoms with Gasteiger partial charge in [0.15, 0.2) is 0 Å². The largest absolute Gasteiger partial charge is 0.444 e. The Labute approximate surface area is 183 Å². The first-order valence-corrected chi connectivity index (χ1v) is 10.2. The van der Waals surface area contributed by atoms with E-state index in [-0.39, 0.29) is 6.54 Å². The smallest absolute Gasteiger partial charge is 0.408 e. The van der Waals surface area contributed by atoms with Gasteiger partial charge in [0, 0.05) is 12.1 Å². The minimum absolute atomic E-state index is 0.178. The Morgan fingerprint density at radius 2 is 1.61 bits per heavy atom. The molecular weight excluding hydrogens is 402 g/mol. The summed E-state index contributed by atoms with van der Waals surface area (Å²) in [4.78, 5) is 39.7. The fraction of sp³-hybridized carbons (Fsp3) is 0.591. The molecule has 0 radical (unpaired) electrons. The van der Waals surface area contributed by atoms with Crippen LogP contribution in [0.1, 0.15) is 53.1 Å². The minimum Gasteiger partial charge on any atom is -0.444 e. The Balaban J connectivity index is 3.27. The number of ether oxygens (including phenoxy) is 1. The van der Waals surface area contributed by atoms with E-state index in [1.165, 1.54) is 0 Å². The van der Waals surface area contributed by atoms with Gasteiger partial charge in [0.25, 0.3) is 0 Å². The number of carbonyl (C=O) groups is 3. The molecule has 0 aliphatic carbocycles. The molecule has 9 nitrogen and oxygen atoms in total. The van der Waals surface area contributed by atoms with E-state index in [0.717, 1.165) is 4.90 Å². The van der Waals surface area contributed by atoms with Gasteiger partial charge in [-0.05, 0) is 47.1 Å². The maximum Gasteiger partial charge on any atom is 0.408 e. The summed E-state index contributed by atoms with van der Waals surface area (Å²) in [6.07, 6.45) is -0.876. The summed E-state index contributed by atoms with van der Waals surface area (Å²) < 4.78 is 5.16. The number of aliphatic hydroxyl groups is 2. The van der Waals surface area contributed by atoms with Gasteiger partial charge in [0.1, 0.15) is 17.7 Å². The van der Waals surface area contributed by atoms with Crippen molar-refractivity contribution in [2.24, 2.45) is 0 Å². The lowest BCUT2D eigenvalue weighted by molar-refractivity contribution is -0.144.